The molecule has 0 saturated carbocycles. The molecule has 0 bridgehead atoms. The van der Waals surface area contributed by atoms with Crippen molar-refractivity contribution in [1.29, 1.82) is 0 Å². The van der Waals surface area contributed by atoms with Crippen LogP contribution in [0.15, 0.2) is 42.5 Å². The number of rotatable bonds is 5. The van der Waals surface area contributed by atoms with Gasteiger partial charge in [0, 0.05) is 41.8 Å². The van der Waals surface area contributed by atoms with Gasteiger partial charge >= 0.3 is 0 Å². The molecule has 2 aromatic carbocycles. The molecule has 1 N–H and O–H groups in total. The molecule has 4 nitrogen and oxygen atoms in total. The van der Waals surface area contributed by atoms with Crippen LogP contribution in [0.25, 0.3) is 0 Å². The molecule has 3 rings (SSSR count). The summed E-state index contributed by atoms with van der Waals surface area (Å²) in [5, 5.41) is 4.01. The zero-order chi connectivity index (χ0) is 17.6. The lowest BCUT2D eigenvalue weighted by Gasteiger charge is -2.26. The number of amides is 1. The maximum absolute atomic E-state index is 12.3. The molecule has 0 aromatic heterocycles. The van der Waals surface area contributed by atoms with Gasteiger partial charge in [0.15, 0.2) is 0 Å². The second-order valence-corrected chi connectivity index (χ2v) is 6.85. The van der Waals surface area contributed by atoms with Gasteiger partial charge < -0.3 is 10.1 Å². The first-order valence-electron chi connectivity index (χ1n) is 8.23. The Morgan fingerprint density at radius 3 is 2.48 bits per heavy atom. The second-order valence-electron chi connectivity index (χ2n) is 6.00. The van der Waals surface area contributed by atoms with Gasteiger partial charge in [-0.15, -0.1) is 0 Å². The smallest absolute Gasteiger partial charge is 0.251 e. The number of carbonyl (C=O) groups excluding carboxylic acids is 1. The van der Waals surface area contributed by atoms with Crippen molar-refractivity contribution in [3.63, 3.8) is 0 Å². The van der Waals surface area contributed by atoms with Crippen molar-refractivity contribution in [2.75, 3.05) is 26.3 Å². The fourth-order valence-corrected chi connectivity index (χ4v) is 3.20. The number of hydrogen-bond donors (Lipinski definition) is 1. The number of nitrogens with zero attached hydrogens (tertiary/aromatic N) is 1. The highest BCUT2D eigenvalue weighted by Gasteiger charge is 2.11. The van der Waals surface area contributed by atoms with Crippen molar-refractivity contribution >= 4 is 29.1 Å². The van der Waals surface area contributed by atoms with Crippen molar-refractivity contribution in [2.45, 2.75) is 13.1 Å². The van der Waals surface area contributed by atoms with Crippen LogP contribution in [0.1, 0.15) is 21.5 Å². The van der Waals surface area contributed by atoms with Crippen LogP contribution in [0.3, 0.4) is 0 Å². The standard InChI is InChI=1S/C19H20Cl2N2O2/c20-17-6-5-16(18(21)11-17)12-22-19(24)15-3-1-14(2-4-15)13-23-7-9-25-10-8-23/h1-6,11H,7-10,12-13H2,(H,22,24). The molecule has 0 radical (unpaired) electrons. The van der Waals surface area contributed by atoms with E-state index in [1.54, 1.807) is 12.1 Å². The molecule has 2 aromatic rings. The molecule has 1 heterocycles. The summed E-state index contributed by atoms with van der Waals surface area (Å²) in [6.45, 7) is 4.71. The van der Waals surface area contributed by atoms with E-state index in [-0.39, 0.29) is 5.91 Å². The average Bonchev–Trinajstić information content (AvgIpc) is 2.62. The largest absolute Gasteiger partial charge is 0.379 e. The molecule has 0 aliphatic carbocycles. The minimum atomic E-state index is -0.121. The summed E-state index contributed by atoms with van der Waals surface area (Å²) in [7, 11) is 0. The Labute approximate surface area is 157 Å². The van der Waals surface area contributed by atoms with Crippen LogP contribution in [0.4, 0.5) is 0 Å². The van der Waals surface area contributed by atoms with Crippen molar-refractivity contribution in [3.05, 3.63) is 69.2 Å². The fourth-order valence-electron chi connectivity index (χ4n) is 2.72. The summed E-state index contributed by atoms with van der Waals surface area (Å²) in [4.78, 5) is 14.6. The Hall–Kier alpha value is -1.59. The van der Waals surface area contributed by atoms with E-state index < -0.39 is 0 Å². The quantitative estimate of drug-likeness (QED) is 0.860. The van der Waals surface area contributed by atoms with E-state index in [0.29, 0.717) is 22.2 Å². The lowest BCUT2D eigenvalue weighted by Crippen LogP contribution is -2.35. The zero-order valence-corrected chi connectivity index (χ0v) is 15.3. The number of carbonyl (C=O) groups is 1. The summed E-state index contributed by atoms with van der Waals surface area (Å²) < 4.78 is 5.35. The maximum Gasteiger partial charge on any atom is 0.251 e. The van der Waals surface area contributed by atoms with Crippen molar-refractivity contribution in [1.82, 2.24) is 10.2 Å². The Morgan fingerprint density at radius 2 is 1.80 bits per heavy atom. The van der Waals surface area contributed by atoms with E-state index >= 15 is 0 Å². The molecule has 1 aliphatic rings. The van der Waals surface area contributed by atoms with E-state index in [0.717, 1.165) is 38.4 Å². The highest BCUT2D eigenvalue weighted by atomic mass is 35.5. The summed E-state index contributed by atoms with van der Waals surface area (Å²) in [6, 6.07) is 13.0. The summed E-state index contributed by atoms with van der Waals surface area (Å²) in [5.41, 5.74) is 2.67. The van der Waals surface area contributed by atoms with Gasteiger partial charge in [-0.2, -0.15) is 0 Å². The third kappa shape index (κ3) is 5.19. The van der Waals surface area contributed by atoms with Crippen molar-refractivity contribution < 1.29 is 9.53 Å². The molecule has 1 aliphatic heterocycles. The van der Waals surface area contributed by atoms with Gasteiger partial charge in [0.2, 0.25) is 0 Å². The lowest BCUT2D eigenvalue weighted by atomic mass is 10.1. The van der Waals surface area contributed by atoms with Crippen LogP contribution >= 0.6 is 23.2 Å². The first-order chi connectivity index (χ1) is 12.1. The summed E-state index contributed by atoms with van der Waals surface area (Å²) >= 11 is 12.0. The first-order valence-corrected chi connectivity index (χ1v) is 8.98. The molecule has 1 fully saturated rings. The molecule has 0 spiro atoms. The number of halogens is 2. The van der Waals surface area contributed by atoms with E-state index in [9.17, 15) is 4.79 Å². The predicted molar refractivity (Wildman–Crippen MR) is 100 cm³/mol. The predicted octanol–water partition coefficient (Wildman–Crippen LogP) is 3.76. The van der Waals surface area contributed by atoms with Crippen molar-refractivity contribution in [2.24, 2.45) is 0 Å². The molecule has 25 heavy (non-hydrogen) atoms. The fraction of sp³-hybridized carbons (Fsp3) is 0.316. The molecule has 1 amide bonds. The molecule has 132 valence electrons. The van der Waals surface area contributed by atoms with Gasteiger partial charge in [0.1, 0.15) is 0 Å². The van der Waals surface area contributed by atoms with Crippen molar-refractivity contribution in [3.8, 4) is 0 Å². The van der Waals surface area contributed by atoms with Gasteiger partial charge in [-0.25, -0.2) is 0 Å². The SMILES string of the molecule is O=C(NCc1ccc(Cl)cc1Cl)c1ccc(CN2CCOCC2)cc1. The Balaban J connectivity index is 1.55. The number of nitrogens with one attached hydrogen (secondary N) is 1. The molecule has 1 saturated heterocycles. The van der Waals surface area contributed by atoms with Crippen LogP contribution in [-0.2, 0) is 17.8 Å². The lowest BCUT2D eigenvalue weighted by molar-refractivity contribution is 0.0342. The maximum atomic E-state index is 12.3. The molecular formula is C19H20Cl2N2O2. The van der Waals surface area contributed by atoms with E-state index in [1.807, 2.05) is 30.3 Å². The van der Waals surface area contributed by atoms with E-state index in [2.05, 4.69) is 10.2 Å². The average molecular weight is 379 g/mol. The van der Waals surface area contributed by atoms with Crippen LogP contribution in [0.2, 0.25) is 10.0 Å². The van der Waals surface area contributed by atoms with Crippen LogP contribution in [0.5, 0.6) is 0 Å². The van der Waals surface area contributed by atoms with Crippen LogP contribution in [-0.4, -0.2) is 37.1 Å². The topological polar surface area (TPSA) is 41.6 Å². The normalized spacial score (nSPS) is 15.1. The summed E-state index contributed by atoms with van der Waals surface area (Å²) in [5.74, 6) is -0.121. The number of hydrogen-bond acceptors (Lipinski definition) is 3. The minimum Gasteiger partial charge on any atom is -0.379 e. The highest BCUT2D eigenvalue weighted by Crippen LogP contribution is 2.20. The first kappa shape index (κ1) is 18.2. The Kier molecular flexibility index (Phi) is 6.32. The van der Waals surface area contributed by atoms with E-state index in [4.69, 9.17) is 27.9 Å². The highest BCUT2D eigenvalue weighted by molar-refractivity contribution is 6.35. The minimum absolute atomic E-state index is 0.121. The molecule has 0 atom stereocenters. The van der Waals surface area contributed by atoms with E-state index in [1.165, 1.54) is 5.56 Å². The molecular weight excluding hydrogens is 359 g/mol. The third-order valence-corrected chi connectivity index (χ3v) is 4.77. The Morgan fingerprint density at radius 1 is 1.08 bits per heavy atom. The Bertz CT molecular complexity index is 729. The van der Waals surface area contributed by atoms with Gasteiger partial charge in [0.25, 0.3) is 5.91 Å². The zero-order valence-electron chi connectivity index (χ0n) is 13.8. The van der Waals surface area contributed by atoms with Gasteiger partial charge in [-0.3, -0.25) is 9.69 Å². The van der Waals surface area contributed by atoms with Gasteiger partial charge in [0.05, 0.1) is 13.2 Å². The van der Waals surface area contributed by atoms with Gasteiger partial charge in [-0.1, -0.05) is 41.4 Å². The summed E-state index contributed by atoms with van der Waals surface area (Å²) in [6.07, 6.45) is 0. The van der Waals surface area contributed by atoms with Crippen LogP contribution < -0.4 is 5.32 Å². The molecule has 6 heteroatoms. The van der Waals surface area contributed by atoms with Crippen LogP contribution in [0, 0.1) is 0 Å². The molecule has 0 unspecified atom stereocenters. The van der Waals surface area contributed by atoms with Gasteiger partial charge in [-0.05, 0) is 35.4 Å². The monoisotopic (exact) mass is 378 g/mol. The third-order valence-electron chi connectivity index (χ3n) is 4.18. The number of ether oxygens (including phenoxy) is 1. The number of morpholine rings is 1. The number of benzene rings is 2. The second kappa shape index (κ2) is 8.68.